The summed E-state index contributed by atoms with van der Waals surface area (Å²) in [5.74, 6) is -1.07. The first-order valence-electron chi connectivity index (χ1n) is 2.97. The zero-order valence-electron chi connectivity index (χ0n) is 5.90. The Morgan fingerprint density at radius 1 is 1.64 bits per heavy atom. The van der Waals surface area contributed by atoms with E-state index >= 15 is 0 Å². The van der Waals surface area contributed by atoms with E-state index in [9.17, 15) is 18.3 Å². The SMILES string of the molecule is CS(=O)(=O)[C@@]1(O)CCOC1=O. The van der Waals surface area contributed by atoms with E-state index in [1.54, 1.807) is 0 Å². The van der Waals surface area contributed by atoms with Crippen molar-refractivity contribution in [2.45, 2.75) is 11.4 Å². The molecule has 1 saturated heterocycles. The van der Waals surface area contributed by atoms with Crippen LogP contribution in [0.15, 0.2) is 0 Å². The fraction of sp³-hybridized carbons (Fsp3) is 0.800. The molecule has 11 heavy (non-hydrogen) atoms. The second-order valence-corrected chi connectivity index (χ2v) is 4.66. The molecule has 0 aliphatic carbocycles. The molecule has 0 aromatic heterocycles. The maximum Gasteiger partial charge on any atom is 0.354 e. The Labute approximate surface area is 63.9 Å². The average molecular weight is 180 g/mol. The normalized spacial score (nSPS) is 32.0. The molecule has 1 fully saturated rings. The highest BCUT2D eigenvalue weighted by Crippen LogP contribution is 2.25. The molecule has 0 radical (unpaired) electrons. The van der Waals surface area contributed by atoms with Crippen molar-refractivity contribution < 1.29 is 23.1 Å². The van der Waals surface area contributed by atoms with E-state index < -0.39 is 20.7 Å². The van der Waals surface area contributed by atoms with Crippen molar-refractivity contribution in [2.75, 3.05) is 12.9 Å². The van der Waals surface area contributed by atoms with Crippen LogP contribution in [0.2, 0.25) is 0 Å². The summed E-state index contributed by atoms with van der Waals surface area (Å²) >= 11 is 0. The third kappa shape index (κ3) is 1.12. The van der Waals surface area contributed by atoms with Crippen LogP contribution < -0.4 is 0 Å². The van der Waals surface area contributed by atoms with Gasteiger partial charge in [-0.1, -0.05) is 0 Å². The van der Waals surface area contributed by atoms with Gasteiger partial charge in [-0.15, -0.1) is 0 Å². The van der Waals surface area contributed by atoms with Crippen molar-refractivity contribution in [3.05, 3.63) is 0 Å². The van der Waals surface area contributed by atoms with Gasteiger partial charge in [-0.2, -0.15) is 0 Å². The lowest BCUT2D eigenvalue weighted by Gasteiger charge is -2.13. The van der Waals surface area contributed by atoms with Crippen molar-refractivity contribution >= 4 is 15.8 Å². The maximum absolute atomic E-state index is 10.8. The summed E-state index contributed by atoms with van der Waals surface area (Å²) in [6.07, 6.45) is 0.629. The van der Waals surface area contributed by atoms with Crippen LogP contribution in [0.4, 0.5) is 0 Å². The Morgan fingerprint density at radius 2 is 2.18 bits per heavy atom. The fourth-order valence-electron chi connectivity index (χ4n) is 0.834. The number of hydrogen-bond acceptors (Lipinski definition) is 5. The first-order valence-corrected chi connectivity index (χ1v) is 4.86. The number of sulfone groups is 1. The lowest BCUT2D eigenvalue weighted by atomic mass is 10.3. The Bertz CT molecular complexity index is 279. The summed E-state index contributed by atoms with van der Waals surface area (Å²) < 4.78 is 26.0. The van der Waals surface area contributed by atoms with Crippen LogP contribution in [0.5, 0.6) is 0 Å². The Hall–Kier alpha value is -0.620. The fourth-order valence-corrected chi connectivity index (χ4v) is 1.65. The van der Waals surface area contributed by atoms with Crippen LogP contribution in [-0.4, -0.2) is 37.3 Å². The standard InChI is InChI=1S/C5H8O5S/c1-11(8,9)5(7)2-3-10-4(5)6/h7H,2-3H2,1H3/t5-/m0/s1. The number of hydrogen-bond donors (Lipinski definition) is 1. The lowest BCUT2D eigenvalue weighted by Crippen LogP contribution is -2.42. The van der Waals surface area contributed by atoms with Gasteiger partial charge >= 0.3 is 5.97 Å². The molecule has 1 heterocycles. The molecule has 64 valence electrons. The van der Waals surface area contributed by atoms with Crippen LogP contribution in [0.25, 0.3) is 0 Å². The number of ether oxygens (including phenoxy) is 1. The van der Waals surface area contributed by atoms with Gasteiger partial charge in [0.25, 0.3) is 4.93 Å². The van der Waals surface area contributed by atoms with Gasteiger partial charge in [0.1, 0.15) is 0 Å². The molecule has 0 unspecified atom stereocenters. The van der Waals surface area contributed by atoms with Gasteiger partial charge in [0.05, 0.1) is 6.61 Å². The zero-order chi connectivity index (χ0) is 8.70. The van der Waals surface area contributed by atoms with Gasteiger partial charge in [0.15, 0.2) is 9.84 Å². The molecule has 1 aliphatic heterocycles. The van der Waals surface area contributed by atoms with Crippen molar-refractivity contribution in [2.24, 2.45) is 0 Å². The third-order valence-corrected chi connectivity index (χ3v) is 3.20. The van der Waals surface area contributed by atoms with Crippen LogP contribution in [-0.2, 0) is 19.4 Å². The first-order chi connectivity index (χ1) is 4.88. The quantitative estimate of drug-likeness (QED) is 0.505. The Balaban J connectivity index is 3.10. The van der Waals surface area contributed by atoms with Gasteiger partial charge < -0.3 is 9.84 Å². The molecule has 0 aromatic rings. The number of cyclic esters (lactones) is 1. The molecule has 1 rings (SSSR count). The van der Waals surface area contributed by atoms with Crippen LogP contribution >= 0.6 is 0 Å². The van der Waals surface area contributed by atoms with Crippen molar-refractivity contribution in [1.29, 1.82) is 0 Å². The molecule has 0 amide bonds. The Kier molecular flexibility index (Phi) is 1.68. The topological polar surface area (TPSA) is 80.7 Å². The largest absolute Gasteiger partial charge is 0.463 e. The minimum Gasteiger partial charge on any atom is -0.463 e. The van der Waals surface area contributed by atoms with Gasteiger partial charge in [-0.05, 0) is 0 Å². The number of carbonyl (C=O) groups excluding carboxylic acids is 1. The summed E-state index contributed by atoms with van der Waals surface area (Å²) in [6.45, 7) is -0.0393. The van der Waals surface area contributed by atoms with Gasteiger partial charge in [0.2, 0.25) is 0 Å². The minimum atomic E-state index is -3.77. The molecule has 1 N–H and O–H groups in total. The minimum absolute atomic E-state index is 0.0393. The highest BCUT2D eigenvalue weighted by molar-refractivity contribution is 7.92. The van der Waals surface area contributed by atoms with Gasteiger partial charge in [0, 0.05) is 12.7 Å². The van der Waals surface area contributed by atoms with E-state index in [0.717, 1.165) is 6.26 Å². The average Bonchev–Trinajstić information content (AvgIpc) is 2.12. The number of rotatable bonds is 1. The lowest BCUT2D eigenvalue weighted by molar-refractivity contribution is -0.146. The van der Waals surface area contributed by atoms with Crippen molar-refractivity contribution in [3.63, 3.8) is 0 Å². The van der Waals surface area contributed by atoms with E-state index in [1.165, 1.54) is 0 Å². The molecule has 5 nitrogen and oxygen atoms in total. The molecule has 0 saturated carbocycles. The van der Waals surface area contributed by atoms with E-state index in [2.05, 4.69) is 4.74 Å². The molecule has 1 atom stereocenters. The van der Waals surface area contributed by atoms with E-state index in [1.807, 2.05) is 0 Å². The highest BCUT2D eigenvalue weighted by Gasteiger charge is 2.51. The van der Waals surface area contributed by atoms with E-state index in [0.29, 0.717) is 0 Å². The van der Waals surface area contributed by atoms with Crippen LogP contribution in [0, 0.1) is 0 Å². The van der Waals surface area contributed by atoms with Gasteiger partial charge in [-0.25, -0.2) is 13.2 Å². The maximum atomic E-state index is 10.8. The summed E-state index contributed by atoms with van der Waals surface area (Å²) in [5.41, 5.74) is 0. The molecular formula is C5H8O5S. The number of aliphatic hydroxyl groups is 1. The molecule has 0 aromatic carbocycles. The smallest absolute Gasteiger partial charge is 0.354 e. The molecule has 0 spiro atoms. The van der Waals surface area contributed by atoms with Gasteiger partial charge in [-0.3, -0.25) is 0 Å². The molecule has 1 aliphatic rings. The van der Waals surface area contributed by atoms with E-state index in [-0.39, 0.29) is 13.0 Å². The highest BCUT2D eigenvalue weighted by atomic mass is 32.2. The van der Waals surface area contributed by atoms with E-state index in [4.69, 9.17) is 0 Å². The molecular weight excluding hydrogens is 172 g/mol. The summed E-state index contributed by atoms with van der Waals surface area (Å²) in [5, 5.41) is 9.23. The molecule has 6 heteroatoms. The summed E-state index contributed by atoms with van der Waals surface area (Å²) in [4.78, 5) is 8.39. The second kappa shape index (κ2) is 2.18. The number of carbonyl (C=O) groups is 1. The monoisotopic (exact) mass is 180 g/mol. The summed E-state index contributed by atoms with van der Waals surface area (Å²) in [6, 6.07) is 0. The molecule has 0 bridgehead atoms. The predicted molar refractivity (Wildman–Crippen MR) is 35.4 cm³/mol. The van der Waals surface area contributed by atoms with Crippen molar-refractivity contribution in [3.8, 4) is 0 Å². The zero-order valence-corrected chi connectivity index (χ0v) is 6.72. The van der Waals surface area contributed by atoms with Crippen molar-refractivity contribution in [1.82, 2.24) is 0 Å². The predicted octanol–water partition coefficient (Wildman–Crippen LogP) is -1.33. The third-order valence-electron chi connectivity index (χ3n) is 1.61. The number of esters is 1. The van der Waals surface area contributed by atoms with Crippen LogP contribution in [0.1, 0.15) is 6.42 Å². The van der Waals surface area contributed by atoms with Crippen LogP contribution in [0.3, 0.4) is 0 Å². The first kappa shape index (κ1) is 8.48. The summed E-state index contributed by atoms with van der Waals surface area (Å²) in [7, 11) is -3.77. The Morgan fingerprint density at radius 3 is 2.36 bits per heavy atom. The second-order valence-electron chi connectivity index (χ2n) is 2.44.